The van der Waals surface area contributed by atoms with Crippen LogP contribution < -0.4 is 10.2 Å². The van der Waals surface area contributed by atoms with E-state index in [0.717, 1.165) is 17.0 Å². The number of rotatable bonds is 6. The fourth-order valence-corrected chi connectivity index (χ4v) is 4.20. The highest BCUT2D eigenvalue weighted by molar-refractivity contribution is 7.11. The van der Waals surface area contributed by atoms with Gasteiger partial charge in [0, 0.05) is 40.1 Å². The number of urea groups is 1. The van der Waals surface area contributed by atoms with Crippen LogP contribution in [0.25, 0.3) is 0 Å². The van der Waals surface area contributed by atoms with E-state index in [-0.39, 0.29) is 31.1 Å². The molecule has 2 heterocycles. The molecule has 144 valence electrons. The van der Waals surface area contributed by atoms with Crippen molar-refractivity contribution in [1.29, 1.82) is 0 Å². The zero-order valence-electron chi connectivity index (χ0n) is 15.6. The number of aryl methyl sites for hydroxylation is 1. The molecule has 2 aromatic rings. The Labute approximate surface area is 163 Å². The molecular weight excluding hydrogens is 362 g/mol. The van der Waals surface area contributed by atoms with Crippen molar-refractivity contribution in [3.63, 3.8) is 0 Å². The summed E-state index contributed by atoms with van der Waals surface area (Å²) >= 11 is 1.64. The summed E-state index contributed by atoms with van der Waals surface area (Å²) in [5.74, 6) is 0.112. The van der Waals surface area contributed by atoms with Gasteiger partial charge in [-0.2, -0.15) is 0 Å². The van der Waals surface area contributed by atoms with Crippen LogP contribution in [-0.4, -0.2) is 41.1 Å². The summed E-state index contributed by atoms with van der Waals surface area (Å²) in [5.41, 5.74) is 1.43. The van der Waals surface area contributed by atoms with Crippen LogP contribution in [0.15, 0.2) is 36.4 Å². The minimum Gasteiger partial charge on any atom is -0.395 e. The molecule has 3 rings (SSSR count). The van der Waals surface area contributed by atoms with Crippen molar-refractivity contribution in [3.8, 4) is 0 Å². The van der Waals surface area contributed by atoms with Crippen molar-refractivity contribution in [1.82, 2.24) is 4.90 Å². The number of aliphatic hydroxyl groups excluding tert-OH is 1. The molecule has 1 aromatic carbocycles. The van der Waals surface area contributed by atoms with Gasteiger partial charge < -0.3 is 20.2 Å². The van der Waals surface area contributed by atoms with E-state index in [2.05, 4.69) is 5.32 Å². The van der Waals surface area contributed by atoms with Crippen LogP contribution in [0.4, 0.5) is 16.2 Å². The van der Waals surface area contributed by atoms with Crippen molar-refractivity contribution in [2.45, 2.75) is 39.3 Å². The summed E-state index contributed by atoms with van der Waals surface area (Å²) in [7, 11) is 0. The molecule has 3 amide bonds. The molecule has 1 aliphatic rings. The molecule has 1 atom stereocenters. The first-order chi connectivity index (χ1) is 13.0. The average Bonchev–Trinajstić information content (AvgIpc) is 3.19. The van der Waals surface area contributed by atoms with Crippen LogP contribution in [0.1, 0.15) is 29.5 Å². The van der Waals surface area contributed by atoms with Crippen molar-refractivity contribution < 1.29 is 14.7 Å². The predicted molar refractivity (Wildman–Crippen MR) is 108 cm³/mol. The number of nitrogens with zero attached hydrogens (tertiary/aromatic N) is 2. The third kappa shape index (κ3) is 4.67. The monoisotopic (exact) mass is 387 g/mol. The van der Waals surface area contributed by atoms with Crippen LogP contribution >= 0.6 is 11.3 Å². The Hall–Kier alpha value is -2.38. The number of nitrogens with one attached hydrogen (secondary N) is 1. The highest BCUT2D eigenvalue weighted by atomic mass is 32.1. The first-order valence-corrected chi connectivity index (χ1v) is 9.94. The summed E-state index contributed by atoms with van der Waals surface area (Å²) in [4.78, 5) is 30.5. The van der Waals surface area contributed by atoms with E-state index in [9.17, 15) is 14.7 Å². The topological polar surface area (TPSA) is 72.9 Å². The normalized spacial score (nSPS) is 16.6. The van der Waals surface area contributed by atoms with Crippen LogP contribution in [0.5, 0.6) is 0 Å². The Morgan fingerprint density at radius 2 is 2.19 bits per heavy atom. The van der Waals surface area contributed by atoms with Gasteiger partial charge in [0.15, 0.2) is 0 Å². The van der Waals surface area contributed by atoms with Crippen LogP contribution in [0.3, 0.4) is 0 Å². The third-order valence-corrected chi connectivity index (χ3v) is 5.65. The SMILES string of the molecule is Cc1ccc(CN(CCO)C(=O)Nc2cccc(N3C(=O)CCC3C)c2)s1. The Kier molecular flexibility index (Phi) is 6.13. The summed E-state index contributed by atoms with van der Waals surface area (Å²) in [6, 6.07) is 11.3. The second-order valence-electron chi connectivity index (χ2n) is 6.79. The van der Waals surface area contributed by atoms with Gasteiger partial charge in [0.2, 0.25) is 5.91 Å². The largest absolute Gasteiger partial charge is 0.395 e. The molecule has 1 aromatic heterocycles. The number of aliphatic hydroxyl groups is 1. The quantitative estimate of drug-likeness (QED) is 0.795. The van der Waals surface area contributed by atoms with E-state index >= 15 is 0 Å². The minimum absolute atomic E-state index is 0.0996. The molecule has 6 nitrogen and oxygen atoms in total. The van der Waals surface area contributed by atoms with Crippen LogP contribution in [-0.2, 0) is 11.3 Å². The van der Waals surface area contributed by atoms with E-state index in [0.29, 0.717) is 18.7 Å². The first kappa shape index (κ1) is 19.4. The predicted octanol–water partition coefficient (Wildman–Crippen LogP) is 3.60. The van der Waals surface area contributed by atoms with Gasteiger partial charge >= 0.3 is 6.03 Å². The smallest absolute Gasteiger partial charge is 0.322 e. The lowest BCUT2D eigenvalue weighted by Gasteiger charge is -2.24. The van der Waals surface area contributed by atoms with Crippen LogP contribution in [0.2, 0.25) is 0 Å². The molecule has 1 fully saturated rings. The lowest BCUT2D eigenvalue weighted by Crippen LogP contribution is -2.36. The number of carbonyl (C=O) groups excluding carboxylic acids is 2. The van der Waals surface area contributed by atoms with Gasteiger partial charge in [0.1, 0.15) is 0 Å². The van der Waals surface area contributed by atoms with Crippen molar-refractivity contribution in [2.75, 3.05) is 23.4 Å². The number of hydrogen-bond acceptors (Lipinski definition) is 4. The maximum absolute atomic E-state index is 12.7. The second-order valence-corrected chi connectivity index (χ2v) is 8.16. The highest BCUT2D eigenvalue weighted by Crippen LogP contribution is 2.28. The number of thiophene rings is 1. The molecule has 0 saturated carbocycles. The van der Waals surface area contributed by atoms with Gasteiger partial charge in [-0.05, 0) is 50.6 Å². The molecule has 0 radical (unpaired) electrons. The average molecular weight is 388 g/mol. The van der Waals surface area contributed by atoms with E-state index < -0.39 is 0 Å². The molecule has 0 aliphatic carbocycles. The van der Waals surface area contributed by atoms with E-state index in [4.69, 9.17) is 0 Å². The van der Waals surface area contributed by atoms with Gasteiger partial charge in [0.05, 0.1) is 13.2 Å². The van der Waals surface area contributed by atoms with Gasteiger partial charge in [-0.25, -0.2) is 4.79 Å². The maximum Gasteiger partial charge on any atom is 0.322 e. The van der Waals surface area contributed by atoms with Gasteiger partial charge in [-0.3, -0.25) is 4.79 Å². The second kappa shape index (κ2) is 8.54. The van der Waals surface area contributed by atoms with E-state index in [1.165, 1.54) is 4.88 Å². The molecular formula is C20H25N3O3S. The van der Waals surface area contributed by atoms with E-state index in [1.807, 2.05) is 44.2 Å². The minimum atomic E-state index is -0.270. The fraction of sp³-hybridized carbons (Fsp3) is 0.400. The number of hydrogen-bond donors (Lipinski definition) is 2. The zero-order valence-corrected chi connectivity index (χ0v) is 16.5. The van der Waals surface area contributed by atoms with Gasteiger partial charge in [0.25, 0.3) is 0 Å². The number of anilines is 2. The fourth-order valence-electron chi connectivity index (χ4n) is 3.29. The molecule has 1 unspecified atom stereocenters. The number of carbonyl (C=O) groups is 2. The van der Waals surface area contributed by atoms with Crippen molar-refractivity contribution in [3.05, 3.63) is 46.2 Å². The summed E-state index contributed by atoms with van der Waals surface area (Å²) in [5, 5.41) is 12.2. The molecule has 2 N–H and O–H groups in total. The lowest BCUT2D eigenvalue weighted by molar-refractivity contribution is -0.117. The highest BCUT2D eigenvalue weighted by Gasteiger charge is 2.28. The molecule has 0 bridgehead atoms. The molecule has 1 saturated heterocycles. The molecule has 27 heavy (non-hydrogen) atoms. The summed E-state index contributed by atoms with van der Waals surface area (Å²) in [6.07, 6.45) is 1.40. The first-order valence-electron chi connectivity index (χ1n) is 9.12. The van der Waals surface area contributed by atoms with Crippen molar-refractivity contribution in [2.24, 2.45) is 0 Å². The van der Waals surface area contributed by atoms with E-state index in [1.54, 1.807) is 27.2 Å². The van der Waals surface area contributed by atoms with Gasteiger partial charge in [-0.1, -0.05) is 6.07 Å². The number of benzene rings is 1. The maximum atomic E-state index is 12.7. The lowest BCUT2D eigenvalue weighted by atomic mass is 10.2. The zero-order chi connectivity index (χ0) is 19.4. The number of amides is 3. The Bertz CT molecular complexity index is 820. The Morgan fingerprint density at radius 1 is 1.37 bits per heavy atom. The standard InChI is InChI=1S/C20H25N3O3S/c1-14-6-9-19(25)23(14)17-5-3-4-16(12-17)21-20(26)22(10-11-24)13-18-8-7-15(2)27-18/h3-5,7-8,12,14,24H,6,9-11,13H2,1-2H3,(H,21,26). The molecule has 0 spiro atoms. The Balaban J connectivity index is 1.71. The third-order valence-electron chi connectivity index (χ3n) is 4.66. The Morgan fingerprint density at radius 3 is 2.81 bits per heavy atom. The van der Waals surface area contributed by atoms with Crippen molar-refractivity contribution >= 4 is 34.6 Å². The van der Waals surface area contributed by atoms with Crippen LogP contribution in [0, 0.1) is 6.92 Å². The summed E-state index contributed by atoms with van der Waals surface area (Å²) < 4.78 is 0. The summed E-state index contributed by atoms with van der Waals surface area (Å²) in [6.45, 7) is 4.66. The molecule has 7 heteroatoms. The van der Waals surface area contributed by atoms with Gasteiger partial charge in [-0.15, -0.1) is 11.3 Å². The molecule has 1 aliphatic heterocycles.